The van der Waals surface area contributed by atoms with Gasteiger partial charge in [-0.1, -0.05) is 23.5 Å². The van der Waals surface area contributed by atoms with Crippen molar-refractivity contribution in [3.05, 3.63) is 40.7 Å². The van der Waals surface area contributed by atoms with Gasteiger partial charge in [-0.2, -0.15) is 0 Å². The number of carbonyl (C=O) groups is 3. The van der Waals surface area contributed by atoms with E-state index in [0.717, 1.165) is 11.3 Å². The highest BCUT2D eigenvalue weighted by atomic mass is 32.1. The van der Waals surface area contributed by atoms with Crippen LogP contribution in [0, 0.1) is 18.7 Å². The van der Waals surface area contributed by atoms with Gasteiger partial charge in [-0.3, -0.25) is 9.59 Å². The summed E-state index contributed by atoms with van der Waals surface area (Å²) in [4.78, 5) is 42.3. The summed E-state index contributed by atoms with van der Waals surface area (Å²) < 4.78 is 18.9. The van der Waals surface area contributed by atoms with E-state index in [1.807, 2.05) is 0 Å². The monoisotopic (exact) mass is 391 g/mol. The number of benzene rings is 1. The van der Waals surface area contributed by atoms with Crippen LogP contribution < -0.4 is 10.2 Å². The molecule has 0 spiro atoms. The molecule has 1 aromatic heterocycles. The molecular weight excluding hydrogens is 373 g/mol. The smallest absolute Gasteiger partial charge is 0.350 e. The molecule has 7 nitrogen and oxygen atoms in total. The van der Waals surface area contributed by atoms with Crippen LogP contribution in [0.2, 0.25) is 0 Å². The number of rotatable bonds is 5. The fourth-order valence-electron chi connectivity index (χ4n) is 2.83. The lowest BCUT2D eigenvalue weighted by atomic mass is 10.1. The molecule has 9 heteroatoms. The fraction of sp³-hybridized carbons (Fsp3) is 0.333. The molecule has 0 radical (unpaired) electrons. The van der Waals surface area contributed by atoms with E-state index in [4.69, 9.17) is 4.74 Å². The highest BCUT2D eigenvalue weighted by Crippen LogP contribution is 2.29. The van der Waals surface area contributed by atoms with Gasteiger partial charge in [0, 0.05) is 13.0 Å². The van der Waals surface area contributed by atoms with Crippen LogP contribution >= 0.6 is 11.3 Å². The van der Waals surface area contributed by atoms with Crippen molar-refractivity contribution >= 4 is 39.9 Å². The van der Waals surface area contributed by atoms with Crippen molar-refractivity contribution in [3.63, 3.8) is 0 Å². The summed E-state index contributed by atoms with van der Waals surface area (Å²) >= 11 is 1.02. The molecular formula is C18H18FN3O4S. The summed E-state index contributed by atoms with van der Waals surface area (Å²) in [5.74, 6) is -2.35. The predicted octanol–water partition coefficient (Wildman–Crippen LogP) is 2.76. The molecule has 1 aliphatic rings. The van der Waals surface area contributed by atoms with Gasteiger partial charge in [-0.15, -0.1) is 0 Å². The van der Waals surface area contributed by atoms with Crippen molar-refractivity contribution in [2.24, 2.45) is 5.92 Å². The number of aryl methyl sites for hydroxylation is 1. The second-order valence-electron chi connectivity index (χ2n) is 6.00. The third kappa shape index (κ3) is 3.97. The van der Waals surface area contributed by atoms with Gasteiger partial charge in [0.05, 0.1) is 23.9 Å². The maximum atomic E-state index is 13.9. The number of nitrogens with zero attached hydrogens (tertiary/aromatic N) is 2. The molecule has 3 rings (SSSR count). The lowest BCUT2D eigenvalue weighted by Crippen LogP contribution is -2.28. The van der Waals surface area contributed by atoms with Gasteiger partial charge in [-0.05, 0) is 26.0 Å². The number of para-hydroxylation sites is 1. The lowest BCUT2D eigenvalue weighted by Gasteiger charge is -2.17. The fourth-order valence-corrected chi connectivity index (χ4v) is 3.69. The minimum Gasteiger partial charge on any atom is -0.462 e. The molecule has 1 aromatic carbocycles. The molecule has 1 fully saturated rings. The first-order valence-corrected chi connectivity index (χ1v) is 9.22. The summed E-state index contributed by atoms with van der Waals surface area (Å²) in [6, 6.07) is 5.94. The Labute approximate surface area is 159 Å². The first-order chi connectivity index (χ1) is 12.9. The Morgan fingerprint density at radius 1 is 1.41 bits per heavy atom. The van der Waals surface area contributed by atoms with Crippen LogP contribution in [0.25, 0.3) is 0 Å². The molecule has 142 valence electrons. The van der Waals surface area contributed by atoms with E-state index in [0.29, 0.717) is 10.6 Å². The van der Waals surface area contributed by atoms with Gasteiger partial charge in [0.15, 0.2) is 5.13 Å². The highest BCUT2D eigenvalue weighted by Gasteiger charge is 2.36. The summed E-state index contributed by atoms with van der Waals surface area (Å²) in [5, 5.41) is 2.90. The van der Waals surface area contributed by atoms with E-state index in [2.05, 4.69) is 10.3 Å². The molecule has 2 heterocycles. The summed E-state index contributed by atoms with van der Waals surface area (Å²) in [7, 11) is 0. The Morgan fingerprint density at radius 2 is 2.15 bits per heavy atom. The first-order valence-electron chi connectivity index (χ1n) is 8.41. The molecule has 27 heavy (non-hydrogen) atoms. The van der Waals surface area contributed by atoms with Crippen molar-refractivity contribution in [3.8, 4) is 0 Å². The number of carbonyl (C=O) groups excluding carboxylic acids is 3. The van der Waals surface area contributed by atoms with E-state index >= 15 is 0 Å². The maximum absolute atomic E-state index is 13.9. The third-order valence-corrected chi connectivity index (χ3v) is 5.18. The standard InChI is InChI=1S/C18H18FN3O4S/c1-3-26-17(25)15-10(2)20-18(27-15)21-16(24)11-8-14(23)22(9-11)13-7-5-4-6-12(13)19/h4-7,11H,3,8-9H2,1-2H3,(H,20,21,24)/t11-/m1/s1. The van der Waals surface area contributed by atoms with Gasteiger partial charge in [0.2, 0.25) is 11.8 Å². The zero-order chi connectivity index (χ0) is 19.6. The number of hydrogen-bond donors (Lipinski definition) is 1. The van der Waals surface area contributed by atoms with Crippen molar-refractivity contribution in [2.75, 3.05) is 23.4 Å². The van der Waals surface area contributed by atoms with Gasteiger partial charge in [-0.25, -0.2) is 14.2 Å². The maximum Gasteiger partial charge on any atom is 0.350 e. The molecule has 0 bridgehead atoms. The number of esters is 1. The van der Waals surface area contributed by atoms with Crippen molar-refractivity contribution in [1.82, 2.24) is 4.98 Å². The number of nitrogens with one attached hydrogen (secondary N) is 1. The summed E-state index contributed by atoms with van der Waals surface area (Å²) in [5.41, 5.74) is 0.622. The molecule has 1 aliphatic heterocycles. The van der Waals surface area contributed by atoms with E-state index in [9.17, 15) is 18.8 Å². The Bertz CT molecular complexity index is 898. The Kier molecular flexibility index (Phi) is 5.50. The topological polar surface area (TPSA) is 88.6 Å². The SMILES string of the molecule is CCOC(=O)c1sc(NC(=O)[C@@H]2CC(=O)N(c3ccccc3F)C2)nc1C. The van der Waals surface area contributed by atoms with E-state index in [1.54, 1.807) is 19.9 Å². The second-order valence-corrected chi connectivity index (χ2v) is 7.00. The largest absolute Gasteiger partial charge is 0.462 e. The number of thiazole rings is 1. The van der Waals surface area contributed by atoms with Crippen molar-refractivity contribution < 1.29 is 23.5 Å². The average molecular weight is 391 g/mol. The third-order valence-electron chi connectivity index (χ3n) is 4.13. The van der Waals surface area contributed by atoms with Gasteiger partial charge >= 0.3 is 5.97 Å². The Hall–Kier alpha value is -2.81. The average Bonchev–Trinajstić information content (AvgIpc) is 3.18. The van der Waals surface area contributed by atoms with Crippen LogP contribution in [0.15, 0.2) is 24.3 Å². The molecule has 1 saturated heterocycles. The number of anilines is 2. The first kappa shape index (κ1) is 19.0. The van der Waals surface area contributed by atoms with Crippen LogP contribution in [0.3, 0.4) is 0 Å². The molecule has 0 unspecified atom stereocenters. The van der Waals surface area contributed by atoms with Crippen molar-refractivity contribution in [2.45, 2.75) is 20.3 Å². The molecule has 2 aromatic rings. The Morgan fingerprint density at radius 3 is 2.85 bits per heavy atom. The highest BCUT2D eigenvalue weighted by molar-refractivity contribution is 7.17. The normalized spacial score (nSPS) is 16.5. The van der Waals surface area contributed by atoms with E-state index in [-0.39, 0.29) is 36.3 Å². The zero-order valence-electron chi connectivity index (χ0n) is 14.8. The van der Waals surface area contributed by atoms with Crippen LogP contribution in [0.1, 0.15) is 28.7 Å². The van der Waals surface area contributed by atoms with Gasteiger partial charge in [0.25, 0.3) is 0 Å². The van der Waals surface area contributed by atoms with Crippen LogP contribution in [-0.2, 0) is 14.3 Å². The van der Waals surface area contributed by atoms with Crippen molar-refractivity contribution in [1.29, 1.82) is 0 Å². The molecule has 1 atom stereocenters. The van der Waals surface area contributed by atoms with E-state index in [1.165, 1.54) is 23.1 Å². The summed E-state index contributed by atoms with van der Waals surface area (Å²) in [6.07, 6.45) is -0.0186. The van der Waals surface area contributed by atoms with Crippen LogP contribution in [0.5, 0.6) is 0 Å². The number of amides is 2. The lowest BCUT2D eigenvalue weighted by molar-refractivity contribution is -0.122. The molecule has 1 N–H and O–H groups in total. The zero-order valence-corrected chi connectivity index (χ0v) is 15.6. The van der Waals surface area contributed by atoms with Crippen LogP contribution in [0.4, 0.5) is 15.2 Å². The van der Waals surface area contributed by atoms with Gasteiger partial charge < -0.3 is 15.0 Å². The minimum absolute atomic E-state index is 0.0186. The predicted molar refractivity (Wildman–Crippen MR) is 98.3 cm³/mol. The molecule has 0 aliphatic carbocycles. The molecule has 2 amide bonds. The Balaban J connectivity index is 1.69. The second kappa shape index (κ2) is 7.83. The quantitative estimate of drug-likeness (QED) is 0.792. The number of ether oxygens (including phenoxy) is 1. The minimum atomic E-state index is -0.632. The summed E-state index contributed by atoms with van der Waals surface area (Å²) in [6.45, 7) is 3.68. The number of hydrogen-bond acceptors (Lipinski definition) is 6. The number of aromatic nitrogens is 1. The molecule has 0 saturated carbocycles. The van der Waals surface area contributed by atoms with Gasteiger partial charge in [0.1, 0.15) is 10.7 Å². The number of halogens is 1. The van der Waals surface area contributed by atoms with E-state index < -0.39 is 23.6 Å². The van der Waals surface area contributed by atoms with Crippen LogP contribution in [-0.4, -0.2) is 35.9 Å².